The molecule has 2 heterocycles. The van der Waals surface area contributed by atoms with E-state index in [0.29, 0.717) is 29.1 Å². The van der Waals surface area contributed by atoms with E-state index in [1.807, 2.05) is 25.1 Å². The molecule has 2 aromatic rings. The van der Waals surface area contributed by atoms with Crippen molar-refractivity contribution in [3.63, 3.8) is 0 Å². The Morgan fingerprint density at radius 3 is 2.67 bits per heavy atom. The lowest BCUT2D eigenvalue weighted by Crippen LogP contribution is -2.14. The Kier molecular flexibility index (Phi) is 5.98. The van der Waals surface area contributed by atoms with E-state index in [9.17, 15) is 8.42 Å². The number of aromatic nitrogens is 2. The van der Waals surface area contributed by atoms with Gasteiger partial charge in [0.05, 0.1) is 22.1 Å². The number of rotatable bonds is 7. The first-order chi connectivity index (χ1) is 11.5. The molecule has 0 fully saturated rings. The Morgan fingerprint density at radius 2 is 2.08 bits per heavy atom. The molecule has 2 aromatic heterocycles. The van der Waals surface area contributed by atoms with Gasteiger partial charge >= 0.3 is 0 Å². The minimum atomic E-state index is -3.45. The topological polar surface area (TPSA) is 72.3 Å². The smallest absolute Gasteiger partial charge is 0.180 e. The minimum absolute atomic E-state index is 0.000839. The van der Waals surface area contributed by atoms with Crippen LogP contribution >= 0.6 is 0 Å². The molecule has 0 radical (unpaired) electrons. The molecule has 0 atom stereocenters. The maximum atomic E-state index is 12.6. The molecule has 0 saturated carbocycles. The summed E-state index contributed by atoms with van der Waals surface area (Å²) in [6.45, 7) is 7.24. The SMILES string of the molecule is C=C/N=C(\CCC)c1ncc(-c2ccccn2)cc1S(=O)(=O)CC. The summed E-state index contributed by atoms with van der Waals surface area (Å²) >= 11 is 0. The summed E-state index contributed by atoms with van der Waals surface area (Å²) < 4.78 is 25.2. The van der Waals surface area contributed by atoms with E-state index in [1.165, 1.54) is 6.20 Å². The van der Waals surface area contributed by atoms with Crippen LogP contribution in [0.3, 0.4) is 0 Å². The molecule has 2 rings (SSSR count). The van der Waals surface area contributed by atoms with Crippen LogP contribution in [0.1, 0.15) is 32.4 Å². The van der Waals surface area contributed by atoms with E-state index in [1.54, 1.807) is 25.4 Å². The van der Waals surface area contributed by atoms with Crippen molar-refractivity contribution in [1.82, 2.24) is 9.97 Å². The first-order valence-electron chi connectivity index (χ1n) is 7.85. The Hall–Kier alpha value is -2.34. The van der Waals surface area contributed by atoms with Gasteiger partial charge in [0.1, 0.15) is 5.69 Å². The number of sulfone groups is 1. The first kappa shape index (κ1) is 18.0. The highest BCUT2D eigenvalue weighted by molar-refractivity contribution is 7.91. The lowest BCUT2D eigenvalue weighted by molar-refractivity contribution is 0.596. The predicted molar refractivity (Wildman–Crippen MR) is 96.8 cm³/mol. The summed E-state index contributed by atoms with van der Waals surface area (Å²) in [4.78, 5) is 13.1. The zero-order valence-electron chi connectivity index (χ0n) is 13.9. The van der Waals surface area contributed by atoms with E-state index in [4.69, 9.17) is 0 Å². The van der Waals surface area contributed by atoms with E-state index < -0.39 is 9.84 Å². The molecule has 0 aliphatic heterocycles. The van der Waals surface area contributed by atoms with Crippen molar-refractivity contribution in [2.45, 2.75) is 31.6 Å². The second-order valence-electron chi connectivity index (χ2n) is 5.20. The largest absolute Gasteiger partial charge is 0.260 e. The van der Waals surface area contributed by atoms with Crippen LogP contribution in [0.2, 0.25) is 0 Å². The highest BCUT2D eigenvalue weighted by Crippen LogP contribution is 2.24. The Labute approximate surface area is 143 Å². The average Bonchev–Trinajstić information content (AvgIpc) is 2.62. The lowest BCUT2D eigenvalue weighted by Gasteiger charge is -2.12. The molecule has 0 saturated heterocycles. The Bertz CT molecular complexity index is 844. The van der Waals surface area contributed by atoms with Gasteiger partial charge in [0.25, 0.3) is 0 Å². The highest BCUT2D eigenvalue weighted by Gasteiger charge is 2.22. The van der Waals surface area contributed by atoms with Gasteiger partial charge in [-0.1, -0.05) is 32.9 Å². The molecular formula is C18H21N3O2S. The zero-order valence-corrected chi connectivity index (χ0v) is 14.8. The maximum Gasteiger partial charge on any atom is 0.180 e. The summed E-state index contributed by atoms with van der Waals surface area (Å²) in [6.07, 6.45) is 6.19. The number of pyridine rings is 2. The van der Waals surface area contributed by atoms with Crippen LogP contribution in [-0.4, -0.2) is 29.9 Å². The number of hydrogen-bond donors (Lipinski definition) is 0. The third-order valence-electron chi connectivity index (χ3n) is 3.54. The van der Waals surface area contributed by atoms with Gasteiger partial charge in [0, 0.05) is 24.2 Å². The van der Waals surface area contributed by atoms with Gasteiger partial charge in [0.15, 0.2) is 9.84 Å². The van der Waals surface area contributed by atoms with Crippen LogP contribution in [0.15, 0.2) is 59.3 Å². The van der Waals surface area contributed by atoms with Crippen molar-refractivity contribution in [2.75, 3.05) is 5.75 Å². The maximum absolute atomic E-state index is 12.6. The molecule has 0 aliphatic rings. The van der Waals surface area contributed by atoms with Crippen LogP contribution in [0.5, 0.6) is 0 Å². The van der Waals surface area contributed by atoms with E-state index in [0.717, 1.165) is 6.42 Å². The van der Waals surface area contributed by atoms with Crippen molar-refractivity contribution in [3.8, 4) is 11.3 Å². The van der Waals surface area contributed by atoms with Crippen molar-refractivity contribution >= 4 is 15.5 Å². The quantitative estimate of drug-likeness (QED) is 0.719. The molecule has 5 nitrogen and oxygen atoms in total. The fraction of sp³-hybridized carbons (Fsp3) is 0.278. The standard InChI is InChI=1S/C18H21N3O2S/c1-4-9-16(19-5-2)18-17(24(22,23)6-3)12-14(13-21-18)15-10-7-8-11-20-15/h5,7-8,10-13H,2,4,6,9H2,1,3H3/b19-16+. The first-order valence-corrected chi connectivity index (χ1v) is 9.50. The predicted octanol–water partition coefficient (Wildman–Crippen LogP) is 3.67. The van der Waals surface area contributed by atoms with Gasteiger partial charge in [-0.25, -0.2) is 8.42 Å². The summed E-state index contributed by atoms with van der Waals surface area (Å²) in [6, 6.07) is 7.12. The molecule has 0 N–H and O–H groups in total. The van der Waals surface area contributed by atoms with Crippen molar-refractivity contribution in [1.29, 1.82) is 0 Å². The van der Waals surface area contributed by atoms with Gasteiger partial charge in [-0.3, -0.25) is 15.0 Å². The van der Waals surface area contributed by atoms with E-state index in [2.05, 4.69) is 21.5 Å². The van der Waals surface area contributed by atoms with Crippen molar-refractivity contribution in [2.24, 2.45) is 4.99 Å². The lowest BCUT2D eigenvalue weighted by atomic mass is 10.1. The van der Waals surface area contributed by atoms with Crippen molar-refractivity contribution < 1.29 is 8.42 Å². The molecule has 0 spiro atoms. The number of hydrogen-bond acceptors (Lipinski definition) is 5. The van der Waals surface area contributed by atoms with Gasteiger partial charge < -0.3 is 0 Å². The van der Waals surface area contributed by atoms with E-state index in [-0.39, 0.29) is 10.6 Å². The normalized spacial score (nSPS) is 12.2. The van der Waals surface area contributed by atoms with E-state index >= 15 is 0 Å². The van der Waals surface area contributed by atoms with Gasteiger partial charge in [-0.2, -0.15) is 0 Å². The summed E-state index contributed by atoms with van der Waals surface area (Å²) in [5.74, 6) is 0.000839. The Morgan fingerprint density at radius 1 is 1.29 bits per heavy atom. The minimum Gasteiger partial charge on any atom is -0.260 e. The molecular weight excluding hydrogens is 322 g/mol. The Balaban J connectivity index is 2.68. The molecule has 0 bridgehead atoms. The molecule has 0 amide bonds. The molecule has 0 aromatic carbocycles. The average molecular weight is 343 g/mol. The third kappa shape index (κ3) is 3.94. The molecule has 6 heteroatoms. The van der Waals surface area contributed by atoms with Crippen LogP contribution in [0.25, 0.3) is 11.3 Å². The van der Waals surface area contributed by atoms with Crippen LogP contribution in [-0.2, 0) is 9.84 Å². The second-order valence-corrected chi connectivity index (χ2v) is 7.44. The number of nitrogens with zero attached hydrogens (tertiary/aromatic N) is 3. The summed E-state index contributed by atoms with van der Waals surface area (Å²) in [5.41, 5.74) is 2.38. The summed E-state index contributed by atoms with van der Waals surface area (Å²) in [5, 5.41) is 0. The summed E-state index contributed by atoms with van der Waals surface area (Å²) in [7, 11) is -3.45. The fourth-order valence-electron chi connectivity index (χ4n) is 2.32. The van der Waals surface area contributed by atoms with Crippen LogP contribution in [0, 0.1) is 0 Å². The molecule has 24 heavy (non-hydrogen) atoms. The third-order valence-corrected chi connectivity index (χ3v) is 5.28. The van der Waals surface area contributed by atoms with Gasteiger partial charge in [-0.15, -0.1) is 0 Å². The van der Waals surface area contributed by atoms with Gasteiger partial charge in [0.2, 0.25) is 0 Å². The zero-order chi connectivity index (χ0) is 17.6. The van der Waals surface area contributed by atoms with Gasteiger partial charge in [-0.05, 0) is 24.6 Å². The van der Waals surface area contributed by atoms with Crippen LogP contribution < -0.4 is 0 Å². The van der Waals surface area contributed by atoms with Crippen LogP contribution in [0.4, 0.5) is 0 Å². The molecule has 0 aliphatic carbocycles. The second kappa shape index (κ2) is 7.97. The number of aliphatic imine (C=N–C) groups is 1. The fourth-order valence-corrected chi connectivity index (χ4v) is 3.40. The van der Waals surface area contributed by atoms with Crippen molar-refractivity contribution in [3.05, 3.63) is 55.1 Å². The highest BCUT2D eigenvalue weighted by atomic mass is 32.2. The molecule has 0 unspecified atom stereocenters. The molecule has 126 valence electrons. The monoisotopic (exact) mass is 343 g/mol.